The molecule has 0 rings (SSSR count). The first-order valence-electron chi connectivity index (χ1n) is 3.00. The fourth-order valence-electron chi connectivity index (χ4n) is 0.575. The standard InChI is InChI=1S/C6H12O.HI.K/c1-5(2)4-6(3)7;;/h5H,4H2,1-3H3;1H;/q;;+1/p-1. The van der Waals surface area contributed by atoms with E-state index >= 15 is 0 Å². The maximum absolute atomic E-state index is 10.3. The van der Waals surface area contributed by atoms with Crippen LogP contribution in [0.25, 0.3) is 0 Å². The van der Waals surface area contributed by atoms with Crippen molar-refractivity contribution in [2.24, 2.45) is 5.92 Å². The Hall–Kier alpha value is 2.04. The molecule has 0 aromatic rings. The zero-order chi connectivity index (χ0) is 7.86. The number of Topliss-reactive ketones (excluding diaryl/α,β-unsaturated/α-hetero) is 1. The predicted octanol–water partition coefficient (Wildman–Crippen LogP) is 2.13. The zero-order valence-corrected chi connectivity index (χ0v) is 11.9. The van der Waals surface area contributed by atoms with Gasteiger partial charge in [-0.1, -0.05) is 13.8 Å². The van der Waals surface area contributed by atoms with Crippen molar-refractivity contribution in [1.82, 2.24) is 0 Å². The van der Waals surface area contributed by atoms with Gasteiger partial charge in [-0.25, -0.2) is 0 Å². The van der Waals surface area contributed by atoms with Crippen LogP contribution in [0.15, 0.2) is 0 Å². The second kappa shape index (κ2) is 10.0. The first kappa shape index (κ1) is 13.6. The molecule has 0 bridgehead atoms. The summed E-state index contributed by atoms with van der Waals surface area (Å²) in [7, 11) is 0. The molecular weight excluding hydrogens is 254 g/mol. The Balaban J connectivity index is 0. The van der Waals surface area contributed by atoms with Gasteiger partial charge in [0.25, 0.3) is 0 Å². The maximum atomic E-state index is 10.3. The summed E-state index contributed by atoms with van der Waals surface area (Å²) in [4.78, 5) is 10.3. The Labute approximate surface area is 95.4 Å². The Morgan fingerprint density at radius 3 is 1.89 bits per heavy atom. The monoisotopic (exact) mass is 266 g/mol. The Bertz CT molecular complexity index is 73.5. The van der Waals surface area contributed by atoms with E-state index in [2.05, 4.69) is 11.3 Å². The number of halogens is 1. The van der Waals surface area contributed by atoms with Crippen LogP contribution < -0.4 is 0 Å². The summed E-state index contributed by atoms with van der Waals surface area (Å²) in [6.07, 6.45) is 0.722. The zero-order valence-electron chi connectivity index (χ0n) is 6.57. The Kier molecular flexibility index (Phi) is 15.2. The van der Waals surface area contributed by atoms with E-state index in [0.29, 0.717) is 5.92 Å². The number of hydrogen-bond acceptors (Lipinski definition) is 1. The second-order valence-electron chi connectivity index (χ2n) is 2.30. The van der Waals surface area contributed by atoms with Gasteiger partial charge >= 0.3 is 54.0 Å². The average Bonchev–Trinajstić information content (AvgIpc) is 1.68. The van der Waals surface area contributed by atoms with Crippen LogP contribution in [-0.2, 0) is 4.79 Å². The normalized spacial score (nSPS) is 8.33. The quantitative estimate of drug-likeness (QED) is 0.552. The minimum atomic E-state index is 0.287. The summed E-state index contributed by atoms with van der Waals surface area (Å²) in [6.45, 7) is 5.71. The van der Waals surface area contributed by atoms with Gasteiger partial charge in [-0.15, -0.1) is 0 Å². The van der Waals surface area contributed by atoms with E-state index in [0.717, 1.165) is 49.1 Å². The van der Waals surface area contributed by atoms with Crippen molar-refractivity contribution in [3.05, 3.63) is 0 Å². The van der Waals surface area contributed by atoms with Gasteiger partial charge in [-0.05, 0) is 12.8 Å². The predicted molar refractivity (Wildman–Crippen MR) is 49.9 cm³/mol. The van der Waals surface area contributed by atoms with Gasteiger partial charge < -0.3 is 4.79 Å². The van der Waals surface area contributed by atoms with Crippen LogP contribution in [0, 0.1) is 5.92 Å². The van der Waals surface area contributed by atoms with Crippen molar-refractivity contribution < 1.29 is 4.79 Å². The molecule has 0 aromatic heterocycles. The molecule has 0 heterocycles. The number of carbonyl (C=O) groups excluding carboxylic acids is 1. The number of ketones is 1. The molecule has 0 N–H and O–H groups in total. The molecule has 0 aliphatic carbocycles. The van der Waals surface area contributed by atoms with E-state index in [9.17, 15) is 4.79 Å². The molecule has 0 saturated heterocycles. The minimum absolute atomic E-state index is 0.287. The molecule has 0 spiro atoms. The van der Waals surface area contributed by atoms with Gasteiger partial charge in [-0.3, -0.25) is 0 Å². The molecular formula is C6H12IKO. The third-order valence-electron chi connectivity index (χ3n) is 0.696. The molecule has 0 unspecified atom stereocenters. The molecule has 3 heteroatoms. The molecule has 0 amide bonds. The van der Waals surface area contributed by atoms with Crippen LogP contribution in [0.4, 0.5) is 0 Å². The molecule has 0 aliphatic rings. The van der Waals surface area contributed by atoms with Gasteiger partial charge in [0.05, 0.1) is 0 Å². The fraction of sp³-hybridized carbons (Fsp3) is 0.833. The van der Waals surface area contributed by atoms with E-state index in [1.807, 2.05) is 13.8 Å². The second-order valence-corrected chi connectivity index (χ2v) is 2.30. The number of carbonyl (C=O) groups is 1. The van der Waals surface area contributed by atoms with Crippen molar-refractivity contribution in [3.63, 3.8) is 0 Å². The van der Waals surface area contributed by atoms with Gasteiger partial charge in [0.15, 0.2) is 0 Å². The molecule has 0 atom stereocenters. The summed E-state index contributed by atoms with van der Waals surface area (Å²) in [5.74, 6) is 0.813. The first-order valence-corrected chi connectivity index (χ1v) is 13.1. The van der Waals surface area contributed by atoms with Crippen LogP contribution in [0.3, 0.4) is 0 Å². The summed E-state index contributed by atoms with van der Waals surface area (Å²) < 4.78 is 0. The molecule has 0 aliphatic heterocycles. The van der Waals surface area contributed by atoms with Gasteiger partial charge in [0, 0.05) is 6.42 Å². The Morgan fingerprint density at radius 1 is 1.56 bits per heavy atom. The number of rotatable bonds is 2. The third-order valence-corrected chi connectivity index (χ3v) is 0.696. The van der Waals surface area contributed by atoms with Crippen LogP contribution in [0.1, 0.15) is 27.2 Å². The van der Waals surface area contributed by atoms with E-state index in [-0.39, 0.29) is 5.78 Å². The summed E-state index contributed by atoms with van der Waals surface area (Å²) >= 11 is 3.37. The molecule has 0 radical (unpaired) electrons. The summed E-state index contributed by atoms with van der Waals surface area (Å²) in [5.41, 5.74) is 0. The SMILES string of the molecule is CC(=O)CC(C)C.[K][I]. The molecule has 0 fully saturated rings. The van der Waals surface area contributed by atoms with Gasteiger partial charge in [0.2, 0.25) is 0 Å². The molecule has 0 saturated carbocycles. The van der Waals surface area contributed by atoms with Crippen molar-refractivity contribution in [2.45, 2.75) is 27.2 Å². The fourth-order valence-corrected chi connectivity index (χ4v) is 0.575. The topological polar surface area (TPSA) is 17.1 Å². The summed E-state index contributed by atoms with van der Waals surface area (Å²) in [5, 5.41) is 0. The van der Waals surface area contributed by atoms with Crippen LogP contribution >= 0.6 is 11.3 Å². The molecule has 0 aromatic carbocycles. The van der Waals surface area contributed by atoms with Crippen molar-refractivity contribution in [1.29, 1.82) is 0 Å². The molecule has 1 nitrogen and oxygen atoms in total. The van der Waals surface area contributed by atoms with Gasteiger partial charge in [-0.2, -0.15) is 0 Å². The van der Waals surface area contributed by atoms with E-state index in [4.69, 9.17) is 0 Å². The third kappa shape index (κ3) is 17.8. The number of hydrogen-bond donors (Lipinski definition) is 0. The van der Waals surface area contributed by atoms with Crippen molar-refractivity contribution in [2.75, 3.05) is 0 Å². The van der Waals surface area contributed by atoms with E-state index < -0.39 is 0 Å². The Morgan fingerprint density at radius 2 is 1.89 bits per heavy atom. The van der Waals surface area contributed by atoms with Crippen LogP contribution in [0.2, 0.25) is 0 Å². The summed E-state index contributed by atoms with van der Waals surface area (Å²) in [6, 6.07) is 0. The van der Waals surface area contributed by atoms with Crippen molar-refractivity contribution >= 4 is 59.8 Å². The average molecular weight is 266 g/mol. The molecule has 9 heavy (non-hydrogen) atoms. The van der Waals surface area contributed by atoms with Crippen LogP contribution in [-0.4, -0.2) is 48.5 Å². The van der Waals surface area contributed by atoms with E-state index in [1.165, 1.54) is 0 Å². The van der Waals surface area contributed by atoms with Crippen LogP contribution in [0.5, 0.6) is 0 Å². The molecule has 50 valence electrons. The van der Waals surface area contributed by atoms with Crippen molar-refractivity contribution in [3.8, 4) is 0 Å². The first-order chi connectivity index (χ1) is 4.13. The van der Waals surface area contributed by atoms with E-state index in [1.54, 1.807) is 6.92 Å². The van der Waals surface area contributed by atoms with Gasteiger partial charge in [0.1, 0.15) is 5.78 Å².